The predicted octanol–water partition coefficient (Wildman–Crippen LogP) is 4.51. The molecule has 0 fully saturated rings. The Labute approximate surface area is 201 Å². The number of alkyl carbamates (subject to hydrolysis) is 1. The standard InChI is InChI=1S/C26H23ClN2O5/c1-15(24(30)29-23(25(31)32)20-12-6-7-13-22(20)27)28-26(33)34-14-21-18-10-4-2-8-16(18)17-9-3-5-11-19(17)21/h2-13,15,21,23H,14H2,1H3,(H,28,33)(H,29,30)(H,31,32)/t15-,23-/m1/s1. The molecule has 0 radical (unpaired) electrons. The van der Waals surface area contributed by atoms with Crippen LogP contribution in [-0.4, -0.2) is 35.7 Å². The molecule has 0 spiro atoms. The van der Waals surface area contributed by atoms with Gasteiger partial charge in [0.05, 0.1) is 0 Å². The second-order valence-electron chi connectivity index (χ2n) is 7.99. The van der Waals surface area contributed by atoms with E-state index in [-0.39, 0.29) is 23.1 Å². The SMILES string of the molecule is C[C@@H](NC(=O)OCC1c2ccccc2-c2ccccc21)C(=O)N[C@@H](C(=O)O)c1ccccc1Cl. The quantitative estimate of drug-likeness (QED) is 0.463. The smallest absolute Gasteiger partial charge is 0.407 e. The summed E-state index contributed by atoms with van der Waals surface area (Å²) in [6.45, 7) is 1.55. The van der Waals surface area contributed by atoms with E-state index in [1.54, 1.807) is 12.1 Å². The van der Waals surface area contributed by atoms with Gasteiger partial charge in [-0.1, -0.05) is 78.3 Å². The van der Waals surface area contributed by atoms with Gasteiger partial charge in [-0.15, -0.1) is 0 Å². The molecule has 0 unspecified atom stereocenters. The maximum Gasteiger partial charge on any atom is 0.407 e. The number of benzene rings is 3. The fourth-order valence-corrected chi connectivity index (χ4v) is 4.38. The molecule has 34 heavy (non-hydrogen) atoms. The lowest BCUT2D eigenvalue weighted by molar-refractivity contribution is -0.142. The minimum Gasteiger partial charge on any atom is -0.479 e. The highest BCUT2D eigenvalue weighted by atomic mass is 35.5. The van der Waals surface area contributed by atoms with Gasteiger partial charge < -0.3 is 20.5 Å². The lowest BCUT2D eigenvalue weighted by Crippen LogP contribution is -2.47. The second-order valence-corrected chi connectivity index (χ2v) is 8.40. The minimum absolute atomic E-state index is 0.103. The number of nitrogens with one attached hydrogen (secondary N) is 2. The van der Waals surface area contributed by atoms with Crippen LogP contribution in [0.25, 0.3) is 11.1 Å². The van der Waals surface area contributed by atoms with Crippen molar-refractivity contribution in [3.05, 3.63) is 94.5 Å². The van der Waals surface area contributed by atoms with Crippen molar-refractivity contribution in [1.29, 1.82) is 0 Å². The number of fused-ring (bicyclic) bond motifs is 3. The zero-order valence-corrected chi connectivity index (χ0v) is 19.1. The molecule has 8 heteroatoms. The number of carboxylic acids is 1. The topological polar surface area (TPSA) is 105 Å². The summed E-state index contributed by atoms with van der Waals surface area (Å²) in [7, 11) is 0. The Hall–Kier alpha value is -3.84. The number of rotatable bonds is 7. The van der Waals surface area contributed by atoms with Gasteiger partial charge in [0.1, 0.15) is 12.6 Å². The third-order valence-electron chi connectivity index (χ3n) is 5.82. The van der Waals surface area contributed by atoms with Crippen molar-refractivity contribution in [2.24, 2.45) is 0 Å². The van der Waals surface area contributed by atoms with Gasteiger partial charge in [-0.05, 0) is 35.2 Å². The molecule has 3 aromatic rings. The molecular weight excluding hydrogens is 456 g/mol. The molecule has 0 aromatic heterocycles. The molecule has 2 atom stereocenters. The van der Waals surface area contributed by atoms with Crippen molar-refractivity contribution in [1.82, 2.24) is 10.6 Å². The summed E-state index contributed by atoms with van der Waals surface area (Å²) in [4.78, 5) is 36.7. The molecule has 2 amide bonds. The van der Waals surface area contributed by atoms with Crippen LogP contribution in [0, 0.1) is 0 Å². The van der Waals surface area contributed by atoms with E-state index in [1.165, 1.54) is 19.1 Å². The molecule has 7 nitrogen and oxygen atoms in total. The molecule has 0 saturated heterocycles. The highest BCUT2D eigenvalue weighted by Gasteiger charge is 2.30. The summed E-state index contributed by atoms with van der Waals surface area (Å²) in [6.07, 6.45) is -0.769. The summed E-state index contributed by atoms with van der Waals surface area (Å²) < 4.78 is 5.45. The molecule has 0 aliphatic heterocycles. The monoisotopic (exact) mass is 478 g/mol. The Morgan fingerprint density at radius 1 is 0.912 bits per heavy atom. The number of carboxylic acid groups (broad SMARTS) is 1. The minimum atomic E-state index is -1.35. The van der Waals surface area contributed by atoms with E-state index in [0.29, 0.717) is 0 Å². The van der Waals surface area contributed by atoms with Crippen molar-refractivity contribution < 1.29 is 24.2 Å². The van der Waals surface area contributed by atoms with Crippen LogP contribution in [-0.2, 0) is 14.3 Å². The first-order valence-electron chi connectivity index (χ1n) is 10.8. The van der Waals surface area contributed by atoms with Crippen LogP contribution in [0.3, 0.4) is 0 Å². The zero-order valence-electron chi connectivity index (χ0n) is 18.3. The Bertz CT molecular complexity index is 1200. The molecule has 3 aromatic carbocycles. The normalized spacial score (nSPS) is 13.8. The summed E-state index contributed by atoms with van der Waals surface area (Å²) >= 11 is 6.08. The van der Waals surface area contributed by atoms with Gasteiger partial charge in [0.2, 0.25) is 5.91 Å². The van der Waals surface area contributed by atoms with Crippen LogP contribution >= 0.6 is 11.6 Å². The van der Waals surface area contributed by atoms with Crippen LogP contribution in [0.5, 0.6) is 0 Å². The first kappa shape index (κ1) is 23.3. The van der Waals surface area contributed by atoms with Gasteiger partial charge in [-0.3, -0.25) is 4.79 Å². The molecule has 3 N–H and O–H groups in total. The number of carbonyl (C=O) groups excluding carboxylic acids is 2. The molecule has 1 aliphatic carbocycles. The van der Waals surface area contributed by atoms with Crippen LogP contribution in [0.1, 0.15) is 35.6 Å². The lowest BCUT2D eigenvalue weighted by atomic mass is 9.98. The number of aliphatic carboxylic acids is 1. The fraction of sp³-hybridized carbons (Fsp3) is 0.192. The molecule has 1 aliphatic rings. The van der Waals surface area contributed by atoms with Gasteiger partial charge in [-0.2, -0.15) is 0 Å². The van der Waals surface area contributed by atoms with Crippen molar-refractivity contribution in [2.45, 2.75) is 24.9 Å². The summed E-state index contributed by atoms with van der Waals surface area (Å²) in [5, 5.41) is 14.6. The maximum atomic E-state index is 12.6. The largest absolute Gasteiger partial charge is 0.479 e. The van der Waals surface area contributed by atoms with Crippen LogP contribution in [0.15, 0.2) is 72.8 Å². The summed E-state index contributed by atoms with van der Waals surface area (Å²) in [5.41, 5.74) is 4.62. The highest BCUT2D eigenvalue weighted by Crippen LogP contribution is 2.44. The van der Waals surface area contributed by atoms with Crippen molar-refractivity contribution in [2.75, 3.05) is 6.61 Å². The van der Waals surface area contributed by atoms with E-state index in [1.807, 2.05) is 48.5 Å². The maximum absolute atomic E-state index is 12.6. The molecule has 0 saturated carbocycles. The van der Waals surface area contributed by atoms with E-state index >= 15 is 0 Å². The highest BCUT2D eigenvalue weighted by molar-refractivity contribution is 6.31. The third kappa shape index (κ3) is 4.75. The fourth-order valence-electron chi connectivity index (χ4n) is 4.13. The van der Waals surface area contributed by atoms with E-state index in [4.69, 9.17) is 16.3 Å². The van der Waals surface area contributed by atoms with Gasteiger partial charge in [0.25, 0.3) is 0 Å². The Morgan fingerprint density at radius 2 is 1.47 bits per heavy atom. The number of hydrogen-bond acceptors (Lipinski definition) is 4. The van der Waals surface area contributed by atoms with Gasteiger partial charge in [0.15, 0.2) is 6.04 Å². The lowest BCUT2D eigenvalue weighted by Gasteiger charge is -2.20. The number of carbonyl (C=O) groups is 3. The zero-order chi connectivity index (χ0) is 24.2. The third-order valence-corrected chi connectivity index (χ3v) is 6.17. The average molecular weight is 479 g/mol. The molecular formula is C26H23ClN2O5. The van der Waals surface area contributed by atoms with Crippen LogP contribution in [0.4, 0.5) is 4.79 Å². The Kier molecular flexibility index (Phi) is 6.84. The molecule has 0 bridgehead atoms. The van der Waals surface area contributed by atoms with Crippen molar-refractivity contribution in [3.63, 3.8) is 0 Å². The average Bonchev–Trinajstić information content (AvgIpc) is 3.15. The Morgan fingerprint density at radius 3 is 2.06 bits per heavy atom. The van der Waals surface area contributed by atoms with Crippen LogP contribution in [0.2, 0.25) is 5.02 Å². The van der Waals surface area contributed by atoms with Crippen molar-refractivity contribution >= 4 is 29.6 Å². The Balaban J connectivity index is 1.37. The first-order valence-corrected chi connectivity index (χ1v) is 11.1. The summed E-state index contributed by atoms with van der Waals surface area (Å²) in [5.74, 6) is -2.06. The van der Waals surface area contributed by atoms with E-state index in [9.17, 15) is 19.5 Å². The first-order chi connectivity index (χ1) is 16.4. The van der Waals surface area contributed by atoms with E-state index < -0.39 is 30.1 Å². The number of ether oxygens (including phenoxy) is 1. The molecule has 0 heterocycles. The van der Waals surface area contributed by atoms with E-state index in [0.717, 1.165) is 22.3 Å². The van der Waals surface area contributed by atoms with Gasteiger partial charge in [0, 0.05) is 16.5 Å². The number of hydrogen-bond donors (Lipinski definition) is 3. The van der Waals surface area contributed by atoms with Gasteiger partial charge in [-0.25, -0.2) is 9.59 Å². The van der Waals surface area contributed by atoms with Crippen molar-refractivity contribution in [3.8, 4) is 11.1 Å². The number of halogens is 1. The summed E-state index contributed by atoms with van der Waals surface area (Å²) in [6, 6.07) is 19.9. The molecule has 174 valence electrons. The van der Waals surface area contributed by atoms with Crippen LogP contribution < -0.4 is 10.6 Å². The number of amides is 2. The molecule has 4 rings (SSSR count). The predicted molar refractivity (Wildman–Crippen MR) is 128 cm³/mol. The second kappa shape index (κ2) is 9.97. The van der Waals surface area contributed by atoms with E-state index in [2.05, 4.69) is 10.6 Å². The van der Waals surface area contributed by atoms with Gasteiger partial charge >= 0.3 is 12.1 Å².